The summed E-state index contributed by atoms with van der Waals surface area (Å²) in [7, 11) is 0. The van der Waals surface area contributed by atoms with Crippen molar-refractivity contribution in [3.8, 4) is 0 Å². The molecule has 3 atom stereocenters. The van der Waals surface area contributed by atoms with Gasteiger partial charge in [0.1, 0.15) is 6.54 Å². The molecule has 0 spiro atoms. The molecule has 1 aromatic rings. The van der Waals surface area contributed by atoms with Crippen LogP contribution < -0.4 is 10.6 Å². The predicted molar refractivity (Wildman–Crippen MR) is 105 cm³/mol. The summed E-state index contributed by atoms with van der Waals surface area (Å²) in [5.41, 5.74) is 0.861. The Morgan fingerprint density at radius 1 is 1.07 bits per heavy atom. The largest absolute Gasteiger partial charge is 0.451 e. The summed E-state index contributed by atoms with van der Waals surface area (Å²) in [5, 5.41) is 4.62. The molecule has 1 aliphatic carbocycles. The molecule has 1 aromatic carbocycles. The van der Waals surface area contributed by atoms with Crippen molar-refractivity contribution < 1.29 is 28.7 Å². The Morgan fingerprint density at radius 3 is 2.27 bits per heavy atom. The zero-order valence-corrected chi connectivity index (χ0v) is 16.8. The third-order valence-electron chi connectivity index (χ3n) is 5.43. The summed E-state index contributed by atoms with van der Waals surface area (Å²) < 4.78 is 5.01. The molecule has 30 heavy (non-hydrogen) atoms. The third-order valence-corrected chi connectivity index (χ3v) is 5.43. The van der Waals surface area contributed by atoms with Gasteiger partial charge in [-0.2, -0.15) is 0 Å². The maximum Gasteiger partial charge on any atom is 0.326 e. The van der Waals surface area contributed by atoms with E-state index in [9.17, 15) is 24.0 Å². The Labute approximate surface area is 174 Å². The lowest BCUT2D eigenvalue weighted by molar-refractivity contribution is -0.159. The van der Waals surface area contributed by atoms with Crippen molar-refractivity contribution >= 4 is 29.7 Å². The lowest BCUT2D eigenvalue weighted by atomic mass is 9.81. The second-order valence-electron chi connectivity index (χ2n) is 7.55. The Bertz CT molecular complexity index is 816. The van der Waals surface area contributed by atoms with E-state index in [1.165, 1.54) is 6.92 Å². The number of fused-ring (bicyclic) bond motifs is 1. The van der Waals surface area contributed by atoms with Gasteiger partial charge < -0.3 is 10.1 Å². The van der Waals surface area contributed by atoms with E-state index < -0.39 is 30.6 Å². The number of hydrogen-bond donors (Lipinski definition) is 2. The molecule has 0 bridgehead atoms. The fraction of sp³-hybridized carbons (Fsp3) is 0.476. The highest BCUT2D eigenvalue weighted by molar-refractivity contribution is 6.07. The highest BCUT2D eigenvalue weighted by Gasteiger charge is 2.48. The van der Waals surface area contributed by atoms with Crippen LogP contribution in [0.2, 0.25) is 0 Å². The first-order valence-electron chi connectivity index (χ1n) is 10.0. The summed E-state index contributed by atoms with van der Waals surface area (Å²) in [6.45, 7) is 1.02. The van der Waals surface area contributed by atoms with Crippen LogP contribution in [0.15, 0.2) is 30.3 Å². The number of carbonyl (C=O) groups excluding carboxylic acids is 5. The van der Waals surface area contributed by atoms with Crippen molar-refractivity contribution in [3.63, 3.8) is 0 Å². The monoisotopic (exact) mass is 415 g/mol. The van der Waals surface area contributed by atoms with E-state index in [1.807, 2.05) is 30.3 Å². The summed E-state index contributed by atoms with van der Waals surface area (Å²) in [6, 6.07) is 8.42. The molecule has 160 valence electrons. The summed E-state index contributed by atoms with van der Waals surface area (Å²) in [4.78, 5) is 61.8. The van der Waals surface area contributed by atoms with Crippen molar-refractivity contribution in [1.82, 2.24) is 15.5 Å². The second-order valence-corrected chi connectivity index (χ2v) is 7.55. The van der Waals surface area contributed by atoms with Crippen LogP contribution in [-0.2, 0) is 30.5 Å². The number of ether oxygens (including phenoxy) is 1. The minimum atomic E-state index is -1.25. The molecule has 9 heteroatoms. The molecular formula is C21H25N3O6. The van der Waals surface area contributed by atoms with E-state index in [0.29, 0.717) is 12.8 Å². The molecule has 1 saturated heterocycles. The van der Waals surface area contributed by atoms with Crippen LogP contribution in [0.25, 0.3) is 0 Å². The SMILES string of the molecule is CC(OC(=O)CN1C(=O)C2CCCCC2C1=O)C(=O)NC(=O)NCc1ccccc1. The Hall–Kier alpha value is -3.23. The molecule has 1 aliphatic heterocycles. The number of likely N-dealkylation sites (tertiary alicyclic amines) is 1. The topological polar surface area (TPSA) is 122 Å². The van der Waals surface area contributed by atoms with Crippen molar-refractivity contribution in [3.05, 3.63) is 35.9 Å². The van der Waals surface area contributed by atoms with Crippen LogP contribution in [0.1, 0.15) is 38.2 Å². The second kappa shape index (κ2) is 9.51. The molecule has 9 nitrogen and oxygen atoms in total. The van der Waals surface area contributed by atoms with Crippen molar-refractivity contribution in [2.45, 2.75) is 45.3 Å². The molecular weight excluding hydrogens is 390 g/mol. The van der Waals surface area contributed by atoms with Gasteiger partial charge >= 0.3 is 12.0 Å². The molecule has 0 aromatic heterocycles. The van der Waals surface area contributed by atoms with E-state index in [2.05, 4.69) is 10.6 Å². The van der Waals surface area contributed by atoms with Gasteiger partial charge in [0.15, 0.2) is 6.10 Å². The van der Waals surface area contributed by atoms with Gasteiger partial charge in [-0.1, -0.05) is 43.2 Å². The lowest BCUT2D eigenvalue weighted by Gasteiger charge is -2.19. The number of carbonyl (C=O) groups is 5. The number of imide groups is 2. The van der Waals surface area contributed by atoms with Crippen LogP contribution >= 0.6 is 0 Å². The van der Waals surface area contributed by atoms with Crippen LogP contribution in [0.5, 0.6) is 0 Å². The smallest absolute Gasteiger partial charge is 0.326 e. The zero-order chi connectivity index (χ0) is 21.7. The number of urea groups is 1. The first-order valence-corrected chi connectivity index (χ1v) is 10.0. The fourth-order valence-electron chi connectivity index (χ4n) is 3.84. The highest BCUT2D eigenvalue weighted by atomic mass is 16.5. The number of nitrogens with one attached hydrogen (secondary N) is 2. The van der Waals surface area contributed by atoms with E-state index in [1.54, 1.807) is 0 Å². The molecule has 5 amide bonds. The van der Waals surface area contributed by atoms with Gasteiger partial charge in [0, 0.05) is 6.54 Å². The van der Waals surface area contributed by atoms with Crippen LogP contribution in [-0.4, -0.2) is 47.3 Å². The molecule has 2 N–H and O–H groups in total. The first-order chi connectivity index (χ1) is 14.4. The van der Waals surface area contributed by atoms with E-state index in [-0.39, 0.29) is 30.2 Å². The van der Waals surface area contributed by atoms with Gasteiger partial charge in [-0.25, -0.2) is 4.79 Å². The minimum absolute atomic E-state index is 0.232. The molecule has 1 saturated carbocycles. The number of benzene rings is 1. The average molecular weight is 415 g/mol. The van der Waals surface area contributed by atoms with Gasteiger partial charge in [-0.15, -0.1) is 0 Å². The quantitative estimate of drug-likeness (QED) is 0.530. The summed E-state index contributed by atoms with van der Waals surface area (Å²) in [6.07, 6.45) is 1.83. The van der Waals surface area contributed by atoms with Gasteiger partial charge in [0.05, 0.1) is 11.8 Å². The predicted octanol–water partition coefficient (Wildman–Crippen LogP) is 1.12. The summed E-state index contributed by atoms with van der Waals surface area (Å²) >= 11 is 0. The molecule has 3 rings (SSSR count). The number of hydrogen-bond acceptors (Lipinski definition) is 6. The van der Waals surface area contributed by atoms with Gasteiger partial charge in [0.25, 0.3) is 5.91 Å². The standard InChI is InChI=1S/C21H25N3O6/c1-13(18(26)23-21(29)22-11-14-7-3-2-4-8-14)30-17(25)12-24-19(27)15-9-5-6-10-16(15)20(24)28/h2-4,7-8,13,15-16H,5-6,9-12H2,1H3,(H2,22,23,26,29). The number of amides is 5. The normalized spacial score (nSPS) is 21.6. The Balaban J connectivity index is 1.44. The average Bonchev–Trinajstić information content (AvgIpc) is 2.98. The summed E-state index contributed by atoms with van der Waals surface area (Å²) in [5.74, 6) is -3.08. The van der Waals surface area contributed by atoms with Crippen molar-refractivity contribution in [2.75, 3.05) is 6.54 Å². The molecule has 1 heterocycles. The third kappa shape index (κ3) is 5.03. The highest BCUT2D eigenvalue weighted by Crippen LogP contribution is 2.37. The number of nitrogens with zero attached hydrogens (tertiary/aromatic N) is 1. The van der Waals surface area contributed by atoms with Crippen LogP contribution in [0, 0.1) is 11.8 Å². The van der Waals surface area contributed by atoms with E-state index in [0.717, 1.165) is 23.3 Å². The maximum absolute atomic E-state index is 12.4. The fourth-order valence-corrected chi connectivity index (χ4v) is 3.84. The maximum atomic E-state index is 12.4. The van der Waals surface area contributed by atoms with E-state index in [4.69, 9.17) is 4.74 Å². The number of rotatable bonds is 6. The molecule has 2 fully saturated rings. The van der Waals surface area contributed by atoms with Crippen LogP contribution in [0.4, 0.5) is 4.79 Å². The van der Waals surface area contributed by atoms with Crippen LogP contribution in [0.3, 0.4) is 0 Å². The van der Waals surface area contributed by atoms with Crippen molar-refractivity contribution in [1.29, 1.82) is 0 Å². The Morgan fingerprint density at radius 2 is 1.67 bits per heavy atom. The lowest BCUT2D eigenvalue weighted by Crippen LogP contribution is -2.45. The molecule has 0 radical (unpaired) electrons. The van der Waals surface area contributed by atoms with E-state index >= 15 is 0 Å². The molecule has 2 aliphatic rings. The first kappa shape index (κ1) is 21.5. The Kier molecular flexibility index (Phi) is 6.81. The van der Waals surface area contributed by atoms with Gasteiger partial charge in [-0.3, -0.25) is 29.4 Å². The number of esters is 1. The van der Waals surface area contributed by atoms with Gasteiger partial charge in [-0.05, 0) is 25.3 Å². The van der Waals surface area contributed by atoms with Gasteiger partial charge in [0.2, 0.25) is 11.8 Å². The minimum Gasteiger partial charge on any atom is -0.451 e. The zero-order valence-electron chi connectivity index (χ0n) is 16.8. The molecule has 3 unspecified atom stereocenters. The van der Waals surface area contributed by atoms with Crippen molar-refractivity contribution in [2.24, 2.45) is 11.8 Å².